The zero-order valence-electron chi connectivity index (χ0n) is 17.7. The van der Waals surface area contributed by atoms with E-state index in [2.05, 4.69) is 27.3 Å². The predicted molar refractivity (Wildman–Crippen MR) is 115 cm³/mol. The Hall–Kier alpha value is -3.48. The van der Waals surface area contributed by atoms with Crippen molar-refractivity contribution in [2.45, 2.75) is 45.6 Å². The smallest absolute Gasteiger partial charge is 0.258 e. The van der Waals surface area contributed by atoms with E-state index in [0.717, 1.165) is 30.7 Å². The molecule has 1 amide bonds. The maximum absolute atomic E-state index is 13.7. The largest absolute Gasteiger partial charge is 0.443 e. The van der Waals surface area contributed by atoms with E-state index in [1.165, 1.54) is 5.56 Å². The van der Waals surface area contributed by atoms with Crippen LogP contribution in [0, 0.1) is 13.8 Å². The summed E-state index contributed by atoms with van der Waals surface area (Å²) in [4.78, 5) is 24.5. The van der Waals surface area contributed by atoms with E-state index < -0.39 is 0 Å². The zero-order valence-corrected chi connectivity index (χ0v) is 17.7. The maximum Gasteiger partial charge on any atom is 0.258 e. The first-order chi connectivity index (χ1) is 15.1. The molecule has 0 spiro atoms. The minimum atomic E-state index is -0.186. The number of carbonyl (C=O) groups is 1. The van der Waals surface area contributed by atoms with Gasteiger partial charge in [-0.1, -0.05) is 35.5 Å². The highest BCUT2D eigenvalue weighted by molar-refractivity contribution is 6.06. The molecule has 1 aliphatic heterocycles. The first-order valence-corrected chi connectivity index (χ1v) is 10.6. The van der Waals surface area contributed by atoms with Gasteiger partial charge in [0.15, 0.2) is 0 Å². The van der Waals surface area contributed by atoms with Gasteiger partial charge in [0, 0.05) is 18.7 Å². The van der Waals surface area contributed by atoms with Crippen molar-refractivity contribution in [3.05, 3.63) is 76.8 Å². The van der Waals surface area contributed by atoms with Gasteiger partial charge >= 0.3 is 0 Å². The standard InChI is InChI=1S/C24H24N4O3/c1-15-12-19(21-16(2)27-31-23(21)26-15)24(29)28-11-7-6-10-20(28)22-25-14-18(30-22)13-17-8-4-3-5-9-17/h3-5,8-9,12,14,20H,6-7,10-11,13H2,1-2H3/t20-/m1/s1. The summed E-state index contributed by atoms with van der Waals surface area (Å²) in [5, 5.41) is 4.68. The van der Waals surface area contributed by atoms with Gasteiger partial charge < -0.3 is 13.8 Å². The van der Waals surface area contributed by atoms with Gasteiger partial charge in [0.2, 0.25) is 5.89 Å². The van der Waals surface area contributed by atoms with Crippen molar-refractivity contribution >= 4 is 17.0 Å². The third-order valence-corrected chi connectivity index (χ3v) is 5.82. The van der Waals surface area contributed by atoms with Gasteiger partial charge in [0.25, 0.3) is 11.6 Å². The average molecular weight is 416 g/mol. The lowest BCUT2D eigenvalue weighted by atomic mass is 9.99. The number of nitrogens with zero attached hydrogens (tertiary/aromatic N) is 4. The van der Waals surface area contributed by atoms with Gasteiger partial charge in [-0.25, -0.2) is 9.97 Å². The molecule has 3 aromatic heterocycles. The molecular formula is C24H24N4O3. The van der Waals surface area contributed by atoms with Crippen LogP contribution in [0.25, 0.3) is 11.1 Å². The van der Waals surface area contributed by atoms with Crippen LogP contribution >= 0.6 is 0 Å². The Labute approximate surface area is 180 Å². The van der Waals surface area contributed by atoms with Gasteiger partial charge in [0.1, 0.15) is 11.8 Å². The molecule has 1 atom stereocenters. The van der Waals surface area contributed by atoms with Crippen molar-refractivity contribution in [1.82, 2.24) is 20.0 Å². The fourth-order valence-corrected chi connectivity index (χ4v) is 4.33. The summed E-state index contributed by atoms with van der Waals surface area (Å²) in [5.41, 5.74) is 3.53. The maximum atomic E-state index is 13.7. The molecule has 0 unspecified atom stereocenters. The van der Waals surface area contributed by atoms with Crippen LogP contribution in [-0.4, -0.2) is 32.5 Å². The van der Waals surface area contributed by atoms with Gasteiger partial charge in [-0.3, -0.25) is 4.79 Å². The van der Waals surface area contributed by atoms with E-state index in [9.17, 15) is 4.79 Å². The molecule has 4 heterocycles. The second-order valence-corrected chi connectivity index (χ2v) is 8.10. The second kappa shape index (κ2) is 7.98. The van der Waals surface area contributed by atoms with Crippen molar-refractivity contribution in [1.29, 1.82) is 0 Å². The van der Waals surface area contributed by atoms with E-state index in [1.807, 2.05) is 43.0 Å². The van der Waals surface area contributed by atoms with Crippen molar-refractivity contribution in [2.75, 3.05) is 6.54 Å². The van der Waals surface area contributed by atoms with Crippen LogP contribution in [0.1, 0.15) is 64.3 Å². The summed E-state index contributed by atoms with van der Waals surface area (Å²) >= 11 is 0. The van der Waals surface area contributed by atoms with Crippen LogP contribution in [0.4, 0.5) is 0 Å². The molecule has 7 nitrogen and oxygen atoms in total. The minimum Gasteiger partial charge on any atom is -0.443 e. The molecule has 5 rings (SSSR count). The lowest BCUT2D eigenvalue weighted by molar-refractivity contribution is 0.0572. The van der Waals surface area contributed by atoms with Crippen molar-refractivity contribution in [3.63, 3.8) is 0 Å². The number of aryl methyl sites for hydroxylation is 2. The molecule has 1 aromatic carbocycles. The second-order valence-electron chi connectivity index (χ2n) is 8.10. The van der Waals surface area contributed by atoms with Crippen molar-refractivity contribution in [2.24, 2.45) is 0 Å². The van der Waals surface area contributed by atoms with Crippen LogP contribution in [0.15, 0.2) is 51.5 Å². The van der Waals surface area contributed by atoms with E-state index in [4.69, 9.17) is 8.94 Å². The fourth-order valence-electron chi connectivity index (χ4n) is 4.33. The third kappa shape index (κ3) is 3.71. The summed E-state index contributed by atoms with van der Waals surface area (Å²) in [5.74, 6) is 1.34. The van der Waals surface area contributed by atoms with Gasteiger partial charge in [-0.2, -0.15) is 0 Å². The first-order valence-electron chi connectivity index (χ1n) is 10.6. The number of fused-ring (bicyclic) bond motifs is 1. The average Bonchev–Trinajstić information content (AvgIpc) is 3.40. The molecular weight excluding hydrogens is 392 g/mol. The number of aromatic nitrogens is 3. The molecule has 31 heavy (non-hydrogen) atoms. The summed E-state index contributed by atoms with van der Waals surface area (Å²) in [6.45, 7) is 4.34. The molecule has 1 saturated heterocycles. The topological polar surface area (TPSA) is 85.3 Å². The summed E-state index contributed by atoms with van der Waals surface area (Å²) in [7, 11) is 0. The molecule has 7 heteroatoms. The van der Waals surface area contributed by atoms with E-state index in [0.29, 0.717) is 41.2 Å². The highest BCUT2D eigenvalue weighted by Crippen LogP contribution is 2.34. The Bertz CT molecular complexity index is 1230. The van der Waals surface area contributed by atoms with Gasteiger partial charge in [0.05, 0.1) is 22.8 Å². The zero-order chi connectivity index (χ0) is 21.4. The number of benzene rings is 1. The molecule has 1 fully saturated rings. The minimum absolute atomic E-state index is 0.0608. The van der Waals surface area contributed by atoms with Crippen LogP contribution in [0.5, 0.6) is 0 Å². The van der Waals surface area contributed by atoms with Crippen molar-refractivity contribution in [3.8, 4) is 0 Å². The number of rotatable bonds is 4. The molecule has 0 bridgehead atoms. The fraction of sp³-hybridized carbons (Fsp3) is 0.333. The van der Waals surface area contributed by atoms with Crippen LogP contribution in [0.2, 0.25) is 0 Å². The Balaban J connectivity index is 1.46. The highest BCUT2D eigenvalue weighted by Gasteiger charge is 2.33. The molecule has 0 saturated carbocycles. The number of piperidine rings is 1. The van der Waals surface area contributed by atoms with Gasteiger partial charge in [-0.05, 0) is 44.7 Å². The van der Waals surface area contributed by atoms with E-state index in [1.54, 1.807) is 6.20 Å². The Morgan fingerprint density at radius 3 is 2.87 bits per heavy atom. The highest BCUT2D eigenvalue weighted by atomic mass is 16.5. The van der Waals surface area contributed by atoms with Crippen LogP contribution in [0.3, 0.4) is 0 Å². The lowest BCUT2D eigenvalue weighted by Gasteiger charge is -2.34. The van der Waals surface area contributed by atoms with Crippen LogP contribution < -0.4 is 0 Å². The van der Waals surface area contributed by atoms with Gasteiger partial charge in [-0.15, -0.1) is 0 Å². The molecule has 0 radical (unpaired) electrons. The number of pyridine rings is 1. The molecule has 158 valence electrons. The number of amides is 1. The molecule has 4 aromatic rings. The quantitative estimate of drug-likeness (QED) is 0.476. The lowest BCUT2D eigenvalue weighted by Crippen LogP contribution is -2.38. The predicted octanol–water partition coefficient (Wildman–Crippen LogP) is 4.79. The van der Waals surface area contributed by atoms with Crippen LogP contribution in [-0.2, 0) is 6.42 Å². The normalized spacial score (nSPS) is 16.7. The Morgan fingerprint density at radius 2 is 2.03 bits per heavy atom. The number of carbonyl (C=O) groups excluding carboxylic acids is 1. The van der Waals surface area contributed by atoms with Crippen molar-refractivity contribution < 1.29 is 13.7 Å². The summed E-state index contributed by atoms with van der Waals surface area (Å²) in [6.07, 6.45) is 5.27. The third-order valence-electron chi connectivity index (χ3n) is 5.82. The van der Waals surface area contributed by atoms with E-state index in [-0.39, 0.29) is 11.9 Å². The Kier molecular flexibility index (Phi) is 5.02. The first kappa shape index (κ1) is 19.5. The number of hydrogen-bond donors (Lipinski definition) is 0. The van der Waals surface area contributed by atoms with E-state index >= 15 is 0 Å². The summed E-state index contributed by atoms with van der Waals surface area (Å²) < 4.78 is 11.4. The number of oxazole rings is 1. The molecule has 0 N–H and O–H groups in total. The number of likely N-dealkylation sites (tertiary alicyclic amines) is 1. The Morgan fingerprint density at radius 1 is 1.19 bits per heavy atom. The number of hydrogen-bond acceptors (Lipinski definition) is 6. The monoisotopic (exact) mass is 416 g/mol. The molecule has 0 aliphatic carbocycles. The molecule has 1 aliphatic rings. The summed E-state index contributed by atoms with van der Waals surface area (Å²) in [6, 6.07) is 11.8. The SMILES string of the molecule is Cc1cc(C(=O)N2CCCC[C@@H]2c2ncc(Cc3ccccc3)o2)c2c(C)noc2n1.